The summed E-state index contributed by atoms with van der Waals surface area (Å²) < 4.78 is 4.83. The van der Waals surface area contributed by atoms with Crippen LogP contribution in [0.2, 0.25) is 0 Å². The number of nitrogens with one attached hydrogen (secondary N) is 1. The van der Waals surface area contributed by atoms with Crippen LogP contribution in [0.4, 0.5) is 5.69 Å². The van der Waals surface area contributed by atoms with Crippen molar-refractivity contribution in [2.24, 2.45) is 0 Å². The van der Waals surface area contributed by atoms with E-state index in [1.807, 2.05) is 0 Å². The summed E-state index contributed by atoms with van der Waals surface area (Å²) in [5.74, 6) is 0.621. The Morgan fingerprint density at radius 1 is 1.44 bits per heavy atom. The molecule has 6 heteroatoms. The lowest BCUT2D eigenvalue weighted by molar-refractivity contribution is -0.384. The maximum absolute atomic E-state index is 10.2. The molecule has 1 rings (SSSR count). The van der Waals surface area contributed by atoms with Crippen LogP contribution in [0.5, 0.6) is 5.75 Å². The second-order valence-electron chi connectivity index (χ2n) is 2.78. The Kier molecular flexibility index (Phi) is 7.74. The topological polar surface area (TPSA) is 84.6 Å². The summed E-state index contributed by atoms with van der Waals surface area (Å²) in [6, 6.07) is 5.91. The zero-order valence-electron chi connectivity index (χ0n) is 9.34. The average Bonchev–Trinajstić information content (AvgIpc) is 2.31. The standard InChI is InChI=1S/C7H7NO3.C3H9NO/c1-11-7-4-2-6(3-5-7)8(9)10;1-4-2-3-5/h2-5H,1H3;4-5H,2-3H2,1H3. The van der Waals surface area contributed by atoms with E-state index in [2.05, 4.69) is 5.32 Å². The fourth-order valence-electron chi connectivity index (χ4n) is 0.816. The minimum atomic E-state index is -0.445. The number of likely N-dealkylation sites (N-methyl/N-ethyl adjacent to an activating group) is 1. The first kappa shape index (κ1) is 14.3. The van der Waals surface area contributed by atoms with E-state index < -0.39 is 4.92 Å². The van der Waals surface area contributed by atoms with Crippen LogP contribution >= 0.6 is 0 Å². The van der Waals surface area contributed by atoms with Gasteiger partial charge in [-0.1, -0.05) is 0 Å². The summed E-state index contributed by atoms with van der Waals surface area (Å²) in [7, 11) is 3.32. The minimum Gasteiger partial charge on any atom is -0.497 e. The number of hydrogen-bond acceptors (Lipinski definition) is 5. The number of nitrogens with zero attached hydrogens (tertiary/aromatic N) is 1. The lowest BCUT2D eigenvalue weighted by Gasteiger charge is -1.96. The average molecular weight is 228 g/mol. The molecule has 0 aliphatic rings. The van der Waals surface area contributed by atoms with E-state index in [1.165, 1.54) is 19.2 Å². The molecule has 6 nitrogen and oxygen atoms in total. The van der Waals surface area contributed by atoms with Crippen LogP contribution in [0.1, 0.15) is 0 Å². The molecule has 90 valence electrons. The van der Waals surface area contributed by atoms with Crippen LogP contribution in [0.3, 0.4) is 0 Å². The Labute approximate surface area is 94.0 Å². The summed E-state index contributed by atoms with van der Waals surface area (Å²) in [4.78, 5) is 9.72. The van der Waals surface area contributed by atoms with Gasteiger partial charge in [-0.25, -0.2) is 0 Å². The fraction of sp³-hybridized carbons (Fsp3) is 0.400. The van der Waals surface area contributed by atoms with Gasteiger partial charge in [-0.3, -0.25) is 10.1 Å². The molecule has 0 radical (unpaired) electrons. The summed E-state index contributed by atoms with van der Waals surface area (Å²) in [5.41, 5.74) is 0.0748. The number of benzene rings is 1. The summed E-state index contributed by atoms with van der Waals surface area (Å²) >= 11 is 0. The van der Waals surface area contributed by atoms with Crippen molar-refractivity contribution in [1.29, 1.82) is 0 Å². The first-order valence-electron chi connectivity index (χ1n) is 4.69. The number of methoxy groups -OCH3 is 1. The van der Waals surface area contributed by atoms with Crippen molar-refractivity contribution in [3.05, 3.63) is 34.4 Å². The molecule has 0 heterocycles. The van der Waals surface area contributed by atoms with Gasteiger partial charge in [0.15, 0.2) is 0 Å². The second kappa shape index (κ2) is 8.63. The molecule has 0 bridgehead atoms. The molecule has 0 aromatic heterocycles. The zero-order chi connectivity index (χ0) is 12.4. The number of ether oxygens (including phenoxy) is 1. The summed E-state index contributed by atoms with van der Waals surface area (Å²) in [5, 5.41) is 20.9. The highest BCUT2D eigenvalue weighted by atomic mass is 16.6. The molecule has 0 atom stereocenters. The van der Waals surface area contributed by atoms with E-state index in [1.54, 1.807) is 19.2 Å². The molecule has 0 amide bonds. The Hall–Kier alpha value is -1.66. The van der Waals surface area contributed by atoms with E-state index in [9.17, 15) is 10.1 Å². The van der Waals surface area contributed by atoms with Gasteiger partial charge in [0, 0.05) is 18.7 Å². The lowest BCUT2D eigenvalue weighted by Crippen LogP contribution is -2.10. The molecule has 0 fully saturated rings. The van der Waals surface area contributed by atoms with Crippen molar-refractivity contribution in [1.82, 2.24) is 5.32 Å². The van der Waals surface area contributed by atoms with Gasteiger partial charge < -0.3 is 15.2 Å². The molecule has 0 spiro atoms. The van der Waals surface area contributed by atoms with E-state index in [4.69, 9.17) is 9.84 Å². The van der Waals surface area contributed by atoms with Crippen LogP contribution in [0, 0.1) is 10.1 Å². The van der Waals surface area contributed by atoms with Crippen LogP contribution < -0.4 is 10.1 Å². The lowest BCUT2D eigenvalue weighted by atomic mass is 10.3. The number of aliphatic hydroxyl groups is 1. The zero-order valence-corrected chi connectivity index (χ0v) is 9.34. The molecule has 1 aromatic rings. The predicted molar refractivity (Wildman–Crippen MR) is 60.7 cm³/mol. The molecule has 0 aliphatic carbocycles. The highest BCUT2D eigenvalue weighted by Gasteiger charge is 2.02. The molecule has 0 saturated heterocycles. The van der Waals surface area contributed by atoms with Gasteiger partial charge in [0.2, 0.25) is 0 Å². The van der Waals surface area contributed by atoms with E-state index in [-0.39, 0.29) is 12.3 Å². The van der Waals surface area contributed by atoms with Crippen molar-refractivity contribution in [2.45, 2.75) is 0 Å². The molecular formula is C10H16N2O4. The molecule has 16 heavy (non-hydrogen) atoms. The van der Waals surface area contributed by atoms with Crippen molar-refractivity contribution in [3.63, 3.8) is 0 Å². The third-order valence-electron chi connectivity index (χ3n) is 1.65. The first-order chi connectivity index (χ1) is 7.65. The van der Waals surface area contributed by atoms with Crippen molar-refractivity contribution >= 4 is 5.69 Å². The SMILES string of the molecule is CNCCO.COc1ccc([N+](=O)[O-])cc1. The Bertz CT molecular complexity index is 298. The Balaban J connectivity index is 0.000000385. The van der Waals surface area contributed by atoms with Gasteiger partial charge in [-0.05, 0) is 19.2 Å². The van der Waals surface area contributed by atoms with Gasteiger partial charge in [0.25, 0.3) is 5.69 Å². The highest BCUT2D eigenvalue weighted by molar-refractivity contribution is 5.35. The number of nitro groups is 1. The second-order valence-corrected chi connectivity index (χ2v) is 2.78. The highest BCUT2D eigenvalue weighted by Crippen LogP contribution is 2.16. The molecule has 2 N–H and O–H groups in total. The van der Waals surface area contributed by atoms with E-state index in [0.29, 0.717) is 12.3 Å². The number of hydrogen-bond donors (Lipinski definition) is 2. The maximum Gasteiger partial charge on any atom is 0.269 e. The predicted octanol–water partition coefficient (Wildman–Crippen LogP) is 0.801. The van der Waals surface area contributed by atoms with E-state index >= 15 is 0 Å². The fourth-order valence-corrected chi connectivity index (χ4v) is 0.816. The van der Waals surface area contributed by atoms with Gasteiger partial charge in [0.1, 0.15) is 5.75 Å². The van der Waals surface area contributed by atoms with Crippen LogP contribution in [-0.2, 0) is 0 Å². The number of nitro benzene ring substituents is 1. The molecular weight excluding hydrogens is 212 g/mol. The molecule has 0 unspecified atom stereocenters. The molecule has 0 saturated carbocycles. The number of rotatable bonds is 4. The van der Waals surface area contributed by atoms with Crippen LogP contribution in [-0.4, -0.2) is 37.3 Å². The minimum absolute atomic E-state index is 0.0748. The van der Waals surface area contributed by atoms with Crippen LogP contribution in [0.25, 0.3) is 0 Å². The Morgan fingerprint density at radius 2 is 2.00 bits per heavy atom. The van der Waals surface area contributed by atoms with Crippen LogP contribution in [0.15, 0.2) is 24.3 Å². The normalized spacial score (nSPS) is 8.94. The van der Waals surface area contributed by atoms with Gasteiger partial charge in [0.05, 0.1) is 18.6 Å². The third kappa shape index (κ3) is 5.94. The van der Waals surface area contributed by atoms with Crippen molar-refractivity contribution in [2.75, 3.05) is 27.3 Å². The first-order valence-corrected chi connectivity index (χ1v) is 4.69. The molecule has 1 aromatic carbocycles. The van der Waals surface area contributed by atoms with Crippen molar-refractivity contribution < 1.29 is 14.8 Å². The number of non-ortho nitro benzene ring substituents is 1. The monoisotopic (exact) mass is 228 g/mol. The number of aliphatic hydroxyl groups excluding tert-OH is 1. The van der Waals surface area contributed by atoms with Gasteiger partial charge in [-0.15, -0.1) is 0 Å². The van der Waals surface area contributed by atoms with E-state index in [0.717, 1.165) is 0 Å². The largest absolute Gasteiger partial charge is 0.497 e. The summed E-state index contributed by atoms with van der Waals surface area (Å²) in [6.45, 7) is 0.927. The van der Waals surface area contributed by atoms with Gasteiger partial charge >= 0.3 is 0 Å². The van der Waals surface area contributed by atoms with Crippen molar-refractivity contribution in [3.8, 4) is 5.75 Å². The third-order valence-corrected chi connectivity index (χ3v) is 1.65. The molecule has 0 aliphatic heterocycles. The summed E-state index contributed by atoms with van der Waals surface area (Å²) in [6.07, 6.45) is 0. The Morgan fingerprint density at radius 3 is 2.25 bits per heavy atom. The maximum atomic E-state index is 10.2. The van der Waals surface area contributed by atoms with Gasteiger partial charge in [-0.2, -0.15) is 0 Å². The quantitative estimate of drug-likeness (QED) is 0.588. The smallest absolute Gasteiger partial charge is 0.269 e.